The van der Waals surface area contributed by atoms with Crippen molar-refractivity contribution in [1.82, 2.24) is 0 Å². The van der Waals surface area contributed by atoms with Crippen molar-refractivity contribution in [2.75, 3.05) is 0 Å². The molecule has 0 radical (unpaired) electrons. The Morgan fingerprint density at radius 3 is 2.62 bits per heavy atom. The molecule has 0 saturated carbocycles. The number of aryl methyl sites for hydroxylation is 1. The lowest BCUT2D eigenvalue weighted by Gasteiger charge is -2.15. The monoisotopic (exact) mass is 263 g/mol. The molecule has 0 amide bonds. The molecule has 1 rings (SSSR count). The molecular weight excluding hydrogens is 248 g/mol. The van der Waals surface area contributed by atoms with E-state index in [0.29, 0.717) is 22.6 Å². The Morgan fingerprint density at radius 1 is 1.56 bits per heavy atom. The molecule has 1 aromatic carbocycles. The van der Waals surface area contributed by atoms with E-state index in [2.05, 4.69) is 6.58 Å². The third-order valence-electron chi connectivity index (χ3n) is 2.26. The SMILES string of the molecule is C=C(C)C[C@H](N)c1c(Cl)ccc(C)c1F.Cl. The largest absolute Gasteiger partial charge is 0.324 e. The fraction of sp³-hybridized carbons (Fsp3) is 0.333. The number of hydrogen-bond donors (Lipinski definition) is 1. The topological polar surface area (TPSA) is 26.0 Å². The van der Waals surface area contributed by atoms with Gasteiger partial charge in [0.25, 0.3) is 0 Å². The van der Waals surface area contributed by atoms with Gasteiger partial charge >= 0.3 is 0 Å². The molecule has 0 bridgehead atoms. The van der Waals surface area contributed by atoms with Gasteiger partial charge in [-0.3, -0.25) is 0 Å². The van der Waals surface area contributed by atoms with E-state index in [-0.39, 0.29) is 18.2 Å². The highest BCUT2D eigenvalue weighted by atomic mass is 35.5. The fourth-order valence-electron chi connectivity index (χ4n) is 1.50. The Morgan fingerprint density at radius 2 is 2.12 bits per heavy atom. The maximum absolute atomic E-state index is 13.8. The molecular formula is C12H16Cl2FN. The fourth-order valence-corrected chi connectivity index (χ4v) is 1.78. The van der Waals surface area contributed by atoms with Crippen LogP contribution in [0.1, 0.15) is 30.5 Å². The van der Waals surface area contributed by atoms with Gasteiger partial charge in [-0.25, -0.2) is 4.39 Å². The third-order valence-corrected chi connectivity index (χ3v) is 2.59. The molecule has 2 N–H and O–H groups in total. The second-order valence-electron chi connectivity index (χ2n) is 3.86. The second-order valence-corrected chi connectivity index (χ2v) is 4.27. The van der Waals surface area contributed by atoms with Gasteiger partial charge < -0.3 is 5.73 Å². The van der Waals surface area contributed by atoms with Crippen LogP contribution in [-0.4, -0.2) is 0 Å². The molecule has 0 saturated heterocycles. The molecule has 0 aliphatic heterocycles. The summed E-state index contributed by atoms with van der Waals surface area (Å²) in [5.41, 5.74) is 7.75. The van der Waals surface area contributed by atoms with Gasteiger partial charge in [-0.15, -0.1) is 19.0 Å². The number of hydrogen-bond acceptors (Lipinski definition) is 1. The van der Waals surface area contributed by atoms with E-state index in [4.69, 9.17) is 17.3 Å². The summed E-state index contributed by atoms with van der Waals surface area (Å²) in [5, 5.41) is 0.381. The van der Waals surface area contributed by atoms with Crippen LogP contribution >= 0.6 is 24.0 Å². The summed E-state index contributed by atoms with van der Waals surface area (Å²) in [5.74, 6) is -0.309. The zero-order valence-electron chi connectivity index (χ0n) is 9.39. The minimum atomic E-state index is -0.421. The van der Waals surface area contributed by atoms with Gasteiger partial charge in [-0.1, -0.05) is 23.2 Å². The third kappa shape index (κ3) is 3.48. The van der Waals surface area contributed by atoms with Crippen LogP contribution in [0.5, 0.6) is 0 Å². The van der Waals surface area contributed by atoms with Gasteiger partial charge in [0, 0.05) is 16.6 Å². The molecule has 1 nitrogen and oxygen atoms in total. The highest BCUT2D eigenvalue weighted by molar-refractivity contribution is 6.31. The van der Waals surface area contributed by atoms with Crippen LogP contribution in [0.4, 0.5) is 4.39 Å². The van der Waals surface area contributed by atoms with E-state index in [1.54, 1.807) is 19.1 Å². The molecule has 4 heteroatoms. The van der Waals surface area contributed by atoms with Crippen molar-refractivity contribution in [3.8, 4) is 0 Å². The quantitative estimate of drug-likeness (QED) is 0.814. The van der Waals surface area contributed by atoms with Crippen molar-refractivity contribution in [2.24, 2.45) is 5.73 Å². The van der Waals surface area contributed by atoms with Gasteiger partial charge in [0.05, 0.1) is 0 Å². The van der Waals surface area contributed by atoms with Crippen LogP contribution in [0.3, 0.4) is 0 Å². The number of halogens is 3. The first-order valence-electron chi connectivity index (χ1n) is 4.78. The van der Waals surface area contributed by atoms with E-state index in [1.807, 2.05) is 6.92 Å². The lowest BCUT2D eigenvalue weighted by molar-refractivity contribution is 0.572. The molecule has 90 valence electrons. The summed E-state index contributed by atoms with van der Waals surface area (Å²) in [4.78, 5) is 0. The summed E-state index contributed by atoms with van der Waals surface area (Å²) < 4.78 is 13.8. The molecule has 1 aromatic rings. The average molecular weight is 264 g/mol. The Hall–Kier alpha value is -0.570. The van der Waals surface area contributed by atoms with Crippen LogP contribution < -0.4 is 5.73 Å². The maximum Gasteiger partial charge on any atom is 0.132 e. The Labute approximate surface area is 107 Å². The number of benzene rings is 1. The summed E-state index contributed by atoms with van der Waals surface area (Å²) in [6, 6.07) is 2.90. The van der Waals surface area contributed by atoms with E-state index < -0.39 is 6.04 Å². The normalized spacial score (nSPS) is 11.8. The lowest BCUT2D eigenvalue weighted by atomic mass is 9.99. The van der Waals surface area contributed by atoms with E-state index in [1.165, 1.54) is 0 Å². The Balaban J connectivity index is 0.00000225. The first-order valence-corrected chi connectivity index (χ1v) is 5.15. The van der Waals surface area contributed by atoms with Crippen molar-refractivity contribution < 1.29 is 4.39 Å². The van der Waals surface area contributed by atoms with Crippen LogP contribution in [0.2, 0.25) is 5.02 Å². The second kappa shape index (κ2) is 6.24. The minimum absolute atomic E-state index is 0. The lowest BCUT2D eigenvalue weighted by Crippen LogP contribution is -2.13. The van der Waals surface area contributed by atoms with Crippen molar-refractivity contribution in [3.05, 3.63) is 46.3 Å². The summed E-state index contributed by atoms with van der Waals surface area (Å²) >= 11 is 5.93. The van der Waals surface area contributed by atoms with Crippen molar-refractivity contribution in [3.63, 3.8) is 0 Å². The van der Waals surface area contributed by atoms with Crippen LogP contribution in [0.15, 0.2) is 24.3 Å². The molecule has 0 unspecified atom stereocenters. The van der Waals surface area contributed by atoms with Crippen molar-refractivity contribution in [1.29, 1.82) is 0 Å². The number of nitrogens with two attached hydrogens (primary N) is 1. The molecule has 0 spiro atoms. The smallest absolute Gasteiger partial charge is 0.132 e. The zero-order valence-corrected chi connectivity index (χ0v) is 11.0. The van der Waals surface area contributed by atoms with Crippen LogP contribution in [0, 0.1) is 12.7 Å². The van der Waals surface area contributed by atoms with Gasteiger partial charge in [-0.2, -0.15) is 0 Å². The molecule has 1 atom stereocenters. The summed E-state index contributed by atoms with van der Waals surface area (Å²) in [6.45, 7) is 7.32. The molecule has 0 aliphatic rings. The highest BCUT2D eigenvalue weighted by Crippen LogP contribution is 2.29. The molecule has 0 heterocycles. The standard InChI is InChI=1S/C12H15ClFN.ClH/c1-7(2)6-10(15)11-9(13)5-4-8(3)12(11)14;/h4-5,10H,1,6,15H2,2-3H3;1H/t10-;/m0./s1. The zero-order chi connectivity index (χ0) is 11.6. The van der Waals surface area contributed by atoms with E-state index >= 15 is 0 Å². The van der Waals surface area contributed by atoms with Gasteiger partial charge in [0.2, 0.25) is 0 Å². The Bertz CT molecular complexity index is 391. The molecule has 0 fully saturated rings. The van der Waals surface area contributed by atoms with Gasteiger partial charge in [0.1, 0.15) is 5.82 Å². The molecule has 16 heavy (non-hydrogen) atoms. The molecule has 0 aromatic heterocycles. The van der Waals surface area contributed by atoms with Crippen LogP contribution in [0.25, 0.3) is 0 Å². The predicted octanol–water partition coefficient (Wildman–Crippen LogP) is 4.18. The first-order chi connectivity index (χ1) is 6.93. The average Bonchev–Trinajstić information content (AvgIpc) is 2.11. The predicted molar refractivity (Wildman–Crippen MR) is 69.8 cm³/mol. The van der Waals surface area contributed by atoms with Crippen molar-refractivity contribution in [2.45, 2.75) is 26.3 Å². The Kier molecular flexibility index (Phi) is 6.01. The maximum atomic E-state index is 13.8. The summed E-state index contributed by atoms with van der Waals surface area (Å²) in [6.07, 6.45) is 0.542. The van der Waals surface area contributed by atoms with Crippen LogP contribution in [-0.2, 0) is 0 Å². The first kappa shape index (κ1) is 15.4. The molecule has 0 aliphatic carbocycles. The number of rotatable bonds is 3. The van der Waals surface area contributed by atoms with Crippen molar-refractivity contribution >= 4 is 24.0 Å². The van der Waals surface area contributed by atoms with E-state index in [9.17, 15) is 4.39 Å². The highest BCUT2D eigenvalue weighted by Gasteiger charge is 2.16. The van der Waals surface area contributed by atoms with Gasteiger partial charge in [-0.05, 0) is 31.9 Å². The van der Waals surface area contributed by atoms with Gasteiger partial charge in [0.15, 0.2) is 0 Å². The van der Waals surface area contributed by atoms with E-state index in [0.717, 1.165) is 5.57 Å². The summed E-state index contributed by atoms with van der Waals surface area (Å²) in [7, 11) is 0. The minimum Gasteiger partial charge on any atom is -0.324 e.